The normalized spacial score (nSPS) is 18.0. The van der Waals surface area contributed by atoms with Gasteiger partial charge in [0.2, 0.25) is 10.0 Å². The molecule has 1 atom stereocenters. The molecule has 1 fully saturated rings. The summed E-state index contributed by atoms with van der Waals surface area (Å²) in [6.07, 6.45) is 0.979. The third-order valence-corrected chi connectivity index (χ3v) is 6.53. The zero-order chi connectivity index (χ0) is 18.9. The smallest absolute Gasteiger partial charge is 0.324 e. The molecular weight excluding hydrogens is 357 g/mol. The molecule has 26 heavy (non-hydrogen) atoms. The van der Waals surface area contributed by atoms with Gasteiger partial charge in [0.25, 0.3) is 0 Å². The minimum Gasteiger partial charge on any atom is -0.468 e. The molecule has 0 saturated carbocycles. The molecule has 0 spiro atoms. The quantitative estimate of drug-likeness (QED) is 0.768. The van der Waals surface area contributed by atoms with Gasteiger partial charge in [0.15, 0.2) is 0 Å². The van der Waals surface area contributed by atoms with Gasteiger partial charge in [0.1, 0.15) is 11.9 Å². The van der Waals surface area contributed by atoms with Crippen molar-refractivity contribution in [3.05, 3.63) is 53.8 Å². The van der Waals surface area contributed by atoms with Crippen molar-refractivity contribution < 1.29 is 22.3 Å². The van der Waals surface area contributed by atoms with Crippen molar-refractivity contribution in [3.8, 4) is 11.1 Å². The summed E-state index contributed by atoms with van der Waals surface area (Å²) in [6, 6.07) is 9.99. The zero-order valence-corrected chi connectivity index (χ0v) is 15.4. The van der Waals surface area contributed by atoms with Crippen molar-refractivity contribution in [2.75, 3.05) is 13.7 Å². The predicted octanol–water partition coefficient (Wildman–Crippen LogP) is 3.13. The maximum Gasteiger partial charge on any atom is 0.324 e. The molecule has 7 heteroatoms. The number of halogens is 1. The molecule has 3 rings (SSSR count). The van der Waals surface area contributed by atoms with E-state index >= 15 is 0 Å². The Hall–Kier alpha value is -2.25. The Morgan fingerprint density at radius 3 is 2.62 bits per heavy atom. The van der Waals surface area contributed by atoms with Crippen LogP contribution < -0.4 is 0 Å². The summed E-state index contributed by atoms with van der Waals surface area (Å²) in [5.41, 5.74) is 1.32. The van der Waals surface area contributed by atoms with Crippen molar-refractivity contribution in [1.82, 2.24) is 4.31 Å². The van der Waals surface area contributed by atoms with Crippen molar-refractivity contribution >= 4 is 16.0 Å². The monoisotopic (exact) mass is 377 g/mol. The first-order valence-electron chi connectivity index (χ1n) is 8.31. The van der Waals surface area contributed by atoms with Crippen LogP contribution in [0.4, 0.5) is 4.39 Å². The highest BCUT2D eigenvalue weighted by Gasteiger charge is 2.41. The van der Waals surface area contributed by atoms with E-state index in [4.69, 9.17) is 4.74 Å². The van der Waals surface area contributed by atoms with E-state index < -0.39 is 27.9 Å². The number of hydrogen-bond donors (Lipinski definition) is 0. The Morgan fingerprint density at radius 2 is 1.92 bits per heavy atom. The number of methoxy groups -OCH3 is 1. The second-order valence-corrected chi connectivity index (χ2v) is 8.14. The number of rotatable bonds is 4. The Morgan fingerprint density at radius 1 is 1.19 bits per heavy atom. The highest BCUT2D eigenvalue weighted by atomic mass is 32.2. The van der Waals surface area contributed by atoms with Crippen molar-refractivity contribution in [1.29, 1.82) is 0 Å². The maximum absolute atomic E-state index is 14.3. The zero-order valence-electron chi connectivity index (χ0n) is 14.6. The van der Waals surface area contributed by atoms with Gasteiger partial charge < -0.3 is 4.74 Å². The molecular formula is C19H20FNO4S. The van der Waals surface area contributed by atoms with Crippen LogP contribution in [0.2, 0.25) is 0 Å². The van der Waals surface area contributed by atoms with Crippen molar-refractivity contribution in [2.45, 2.75) is 30.7 Å². The molecule has 138 valence electrons. The first-order valence-corrected chi connectivity index (χ1v) is 9.75. The second kappa shape index (κ2) is 7.17. The molecule has 0 aromatic heterocycles. The lowest BCUT2D eigenvalue weighted by Gasteiger charge is -2.24. The Bertz CT molecular complexity index is 942. The number of carbonyl (C=O) groups is 1. The summed E-state index contributed by atoms with van der Waals surface area (Å²) < 4.78 is 46.8. The molecule has 0 unspecified atom stereocenters. The van der Waals surface area contributed by atoms with Gasteiger partial charge >= 0.3 is 5.97 Å². The van der Waals surface area contributed by atoms with E-state index in [2.05, 4.69) is 0 Å². The lowest BCUT2D eigenvalue weighted by atomic mass is 10.0. The van der Waals surface area contributed by atoms with Crippen molar-refractivity contribution in [2.24, 2.45) is 0 Å². The van der Waals surface area contributed by atoms with Crippen LogP contribution in [0.5, 0.6) is 0 Å². The van der Waals surface area contributed by atoms with Gasteiger partial charge in [-0.1, -0.05) is 29.8 Å². The third kappa shape index (κ3) is 3.24. The van der Waals surface area contributed by atoms with Crippen LogP contribution in [0.25, 0.3) is 11.1 Å². The molecule has 1 aliphatic rings. The molecule has 0 bridgehead atoms. The van der Waals surface area contributed by atoms with E-state index in [0.717, 1.165) is 9.87 Å². The van der Waals surface area contributed by atoms with E-state index in [1.54, 1.807) is 30.3 Å². The van der Waals surface area contributed by atoms with E-state index in [1.165, 1.54) is 19.2 Å². The second-order valence-electron chi connectivity index (χ2n) is 6.28. The molecule has 1 heterocycles. The molecule has 0 amide bonds. The van der Waals surface area contributed by atoms with Crippen LogP contribution in [-0.2, 0) is 19.6 Å². The van der Waals surface area contributed by atoms with E-state index in [0.29, 0.717) is 18.4 Å². The molecule has 5 nitrogen and oxygen atoms in total. The summed E-state index contributed by atoms with van der Waals surface area (Å²) in [7, 11) is -2.75. The van der Waals surface area contributed by atoms with Gasteiger partial charge in [-0.05, 0) is 38.0 Å². The number of hydrogen-bond acceptors (Lipinski definition) is 4. The fourth-order valence-corrected chi connectivity index (χ4v) is 5.12. The highest BCUT2D eigenvalue weighted by Crippen LogP contribution is 2.35. The lowest BCUT2D eigenvalue weighted by molar-refractivity contribution is -0.144. The van der Waals surface area contributed by atoms with Gasteiger partial charge in [-0.2, -0.15) is 4.31 Å². The van der Waals surface area contributed by atoms with Gasteiger partial charge in [-0.25, -0.2) is 12.8 Å². The number of esters is 1. The van der Waals surface area contributed by atoms with Crippen LogP contribution in [0, 0.1) is 12.7 Å². The van der Waals surface area contributed by atoms with Gasteiger partial charge in [0, 0.05) is 17.7 Å². The fraction of sp³-hybridized carbons (Fsp3) is 0.316. The van der Waals surface area contributed by atoms with Crippen molar-refractivity contribution in [3.63, 3.8) is 0 Å². The van der Waals surface area contributed by atoms with Crippen LogP contribution in [0.1, 0.15) is 18.4 Å². The van der Waals surface area contributed by atoms with Gasteiger partial charge in [-0.15, -0.1) is 0 Å². The van der Waals surface area contributed by atoms with Gasteiger partial charge in [0.05, 0.1) is 12.0 Å². The van der Waals surface area contributed by atoms with Crippen LogP contribution in [0.15, 0.2) is 47.4 Å². The van der Waals surface area contributed by atoms with Crippen LogP contribution in [-0.4, -0.2) is 38.4 Å². The molecule has 0 aliphatic carbocycles. The first-order chi connectivity index (χ1) is 12.4. The average Bonchev–Trinajstić information content (AvgIpc) is 3.12. The fourth-order valence-electron chi connectivity index (χ4n) is 3.28. The summed E-state index contributed by atoms with van der Waals surface area (Å²) in [6.45, 7) is 2.04. The van der Waals surface area contributed by atoms with Crippen LogP contribution >= 0.6 is 0 Å². The standard InChI is InChI=1S/C19H20FNO4S/c1-13-9-10-18(15(12-13)14-6-3-4-7-16(14)20)26(23,24)21-11-5-8-17(21)19(22)25-2/h3-4,6-7,9-10,12,17H,5,8,11H2,1-2H3/t17-/m0/s1. The number of benzene rings is 2. The maximum atomic E-state index is 14.3. The summed E-state index contributed by atoms with van der Waals surface area (Å²) in [5, 5.41) is 0. The van der Waals surface area contributed by atoms with E-state index in [1.807, 2.05) is 6.92 Å². The highest BCUT2D eigenvalue weighted by molar-refractivity contribution is 7.89. The Labute approximate surface area is 152 Å². The topological polar surface area (TPSA) is 63.7 Å². The number of ether oxygens (including phenoxy) is 1. The molecule has 1 saturated heterocycles. The number of carbonyl (C=O) groups excluding carboxylic acids is 1. The Balaban J connectivity index is 2.15. The summed E-state index contributed by atoms with van der Waals surface area (Å²) >= 11 is 0. The minimum atomic E-state index is -3.99. The number of nitrogens with zero attached hydrogens (tertiary/aromatic N) is 1. The Kier molecular flexibility index (Phi) is 5.11. The van der Waals surface area contributed by atoms with E-state index in [-0.39, 0.29) is 17.0 Å². The van der Waals surface area contributed by atoms with Crippen LogP contribution in [0.3, 0.4) is 0 Å². The first kappa shape index (κ1) is 18.5. The lowest BCUT2D eigenvalue weighted by Crippen LogP contribution is -2.41. The third-order valence-electron chi connectivity index (χ3n) is 4.56. The van der Waals surface area contributed by atoms with E-state index in [9.17, 15) is 17.6 Å². The number of sulfonamides is 1. The molecule has 1 aliphatic heterocycles. The summed E-state index contributed by atoms with van der Waals surface area (Å²) in [4.78, 5) is 12.0. The number of aryl methyl sites for hydroxylation is 1. The summed E-state index contributed by atoms with van der Waals surface area (Å²) in [5.74, 6) is -1.08. The molecule has 0 radical (unpaired) electrons. The minimum absolute atomic E-state index is 0.0102. The molecule has 2 aromatic carbocycles. The largest absolute Gasteiger partial charge is 0.468 e. The predicted molar refractivity (Wildman–Crippen MR) is 95.5 cm³/mol. The molecule has 0 N–H and O–H groups in total. The SMILES string of the molecule is COC(=O)[C@@H]1CCCN1S(=O)(=O)c1ccc(C)cc1-c1ccccc1F. The average molecular weight is 377 g/mol. The van der Waals surface area contributed by atoms with Gasteiger partial charge in [-0.3, -0.25) is 4.79 Å². The molecule has 2 aromatic rings.